The zero-order valence-corrected chi connectivity index (χ0v) is 27.1. The molecule has 0 aliphatic heterocycles. The summed E-state index contributed by atoms with van der Waals surface area (Å²) in [6, 6.07) is 12.6. The number of Topliss-reactive ketones (excluding diaryl/α,β-unsaturated/α-hetero) is 2. The molecule has 1 aliphatic carbocycles. The number of esters is 1. The van der Waals surface area contributed by atoms with Crippen molar-refractivity contribution in [2.45, 2.75) is 71.8 Å². The van der Waals surface area contributed by atoms with E-state index < -0.39 is 40.9 Å². The van der Waals surface area contributed by atoms with Gasteiger partial charge >= 0.3 is 5.97 Å². The van der Waals surface area contributed by atoms with Crippen molar-refractivity contribution in [2.75, 3.05) is 34.0 Å². The maximum Gasteiger partial charge on any atom is 0.310 e. The number of benzene rings is 2. The van der Waals surface area contributed by atoms with E-state index in [1.54, 1.807) is 46.3 Å². The second-order valence-corrected chi connectivity index (χ2v) is 12.0. The van der Waals surface area contributed by atoms with Crippen LogP contribution in [0.1, 0.15) is 76.5 Å². The van der Waals surface area contributed by atoms with Crippen molar-refractivity contribution in [3.63, 3.8) is 0 Å². The third-order valence-corrected chi connectivity index (χ3v) is 8.56. The number of aliphatic hydroxyl groups is 1. The summed E-state index contributed by atoms with van der Waals surface area (Å²) in [4.78, 5) is 52.3. The molecule has 1 amide bonds. The molecule has 1 unspecified atom stereocenters. The first-order valence-corrected chi connectivity index (χ1v) is 15.6. The largest absolute Gasteiger partial charge is 0.493 e. The molecule has 2 aromatic rings. The Bertz CT molecular complexity index is 1320. The number of aryl methyl sites for hydroxylation is 1. The van der Waals surface area contributed by atoms with E-state index in [4.69, 9.17) is 24.1 Å². The SMILES string of the molecule is CCC(C)(C)C(=O)C(=O)C1CCCC[C@H]1C(=O)O[C@H](CCc1ccc(OC)c(OC)c1)c1cccc(OCC(=O)NCCO)c1. The minimum absolute atomic E-state index is 0.128. The monoisotopic (exact) mass is 625 g/mol. The van der Waals surface area contributed by atoms with Gasteiger partial charge in [-0.15, -0.1) is 0 Å². The Balaban J connectivity index is 1.85. The summed E-state index contributed by atoms with van der Waals surface area (Å²) in [6.45, 7) is 5.11. The molecular formula is C35H47NO9. The molecule has 1 saturated carbocycles. The molecule has 0 heterocycles. The van der Waals surface area contributed by atoms with E-state index in [9.17, 15) is 19.2 Å². The molecule has 0 spiro atoms. The number of rotatable bonds is 17. The maximum atomic E-state index is 13.8. The summed E-state index contributed by atoms with van der Waals surface area (Å²) < 4.78 is 22.7. The molecule has 2 aromatic carbocycles. The molecule has 0 saturated heterocycles. The highest BCUT2D eigenvalue weighted by Gasteiger charge is 2.43. The highest BCUT2D eigenvalue weighted by atomic mass is 16.5. The van der Waals surface area contributed by atoms with Gasteiger partial charge in [-0.05, 0) is 67.5 Å². The average Bonchev–Trinajstić information content (AvgIpc) is 3.07. The second kappa shape index (κ2) is 17.0. The van der Waals surface area contributed by atoms with Crippen LogP contribution >= 0.6 is 0 Å². The van der Waals surface area contributed by atoms with E-state index in [2.05, 4.69) is 5.32 Å². The van der Waals surface area contributed by atoms with Crippen molar-refractivity contribution in [1.29, 1.82) is 0 Å². The van der Waals surface area contributed by atoms with Crippen molar-refractivity contribution >= 4 is 23.4 Å². The van der Waals surface area contributed by atoms with E-state index in [0.717, 1.165) is 18.4 Å². The standard InChI is InChI=1S/C35H47NO9/c1-6-35(2,3)33(40)32(39)26-12-7-8-13-27(26)34(41)45-28(16-14-23-15-17-29(42-4)30(20-23)43-5)24-10-9-11-25(21-24)44-22-31(38)36-18-19-37/h9-11,15,17,20-21,26-28,37H,6-8,12-14,16,18-19,22H2,1-5H3,(H,36,38)/t26?,27-,28-/m1/s1. The van der Waals surface area contributed by atoms with Gasteiger partial charge in [-0.1, -0.05) is 51.8 Å². The van der Waals surface area contributed by atoms with Gasteiger partial charge in [-0.3, -0.25) is 19.2 Å². The summed E-state index contributed by atoms with van der Waals surface area (Å²) in [7, 11) is 3.13. The number of hydrogen-bond acceptors (Lipinski definition) is 9. The number of amides is 1. The van der Waals surface area contributed by atoms with Crippen LogP contribution in [0.25, 0.3) is 0 Å². The van der Waals surface area contributed by atoms with Crippen molar-refractivity contribution in [1.82, 2.24) is 5.32 Å². The fraction of sp³-hybridized carbons (Fsp3) is 0.543. The lowest BCUT2D eigenvalue weighted by molar-refractivity contribution is -0.161. The number of carbonyl (C=O) groups is 4. The molecule has 1 fully saturated rings. The van der Waals surface area contributed by atoms with Crippen LogP contribution in [0.2, 0.25) is 0 Å². The fourth-order valence-electron chi connectivity index (χ4n) is 5.44. The molecule has 0 bridgehead atoms. The number of aliphatic hydroxyl groups excluding tert-OH is 1. The third kappa shape index (κ3) is 9.78. The number of ether oxygens (including phenoxy) is 4. The van der Waals surface area contributed by atoms with E-state index in [-0.39, 0.29) is 25.7 Å². The van der Waals surface area contributed by atoms with Gasteiger partial charge in [-0.25, -0.2) is 0 Å². The Hall–Kier alpha value is -3.92. The number of methoxy groups -OCH3 is 2. The Labute approximate surface area is 265 Å². The molecule has 3 rings (SSSR count). The van der Waals surface area contributed by atoms with Gasteiger partial charge in [0.05, 0.1) is 26.7 Å². The number of carbonyl (C=O) groups excluding carboxylic acids is 4. The number of nitrogens with one attached hydrogen (secondary N) is 1. The summed E-state index contributed by atoms with van der Waals surface area (Å²) in [5, 5.41) is 11.5. The van der Waals surface area contributed by atoms with E-state index in [0.29, 0.717) is 54.9 Å². The fourth-order valence-corrected chi connectivity index (χ4v) is 5.44. The third-order valence-electron chi connectivity index (χ3n) is 8.56. The van der Waals surface area contributed by atoms with Crippen molar-refractivity contribution in [2.24, 2.45) is 17.3 Å². The Morgan fingerprint density at radius 3 is 2.36 bits per heavy atom. The Morgan fingerprint density at radius 1 is 0.978 bits per heavy atom. The van der Waals surface area contributed by atoms with Crippen LogP contribution in [0.5, 0.6) is 17.2 Å². The zero-order chi connectivity index (χ0) is 33.0. The van der Waals surface area contributed by atoms with Crippen molar-refractivity contribution in [3.05, 3.63) is 53.6 Å². The number of ketones is 2. The predicted octanol–water partition coefficient (Wildman–Crippen LogP) is 4.79. The topological polar surface area (TPSA) is 137 Å². The van der Waals surface area contributed by atoms with Gasteiger partial charge in [0.2, 0.25) is 11.6 Å². The lowest BCUT2D eigenvalue weighted by atomic mass is 9.72. The van der Waals surface area contributed by atoms with Crippen LogP contribution in [0, 0.1) is 17.3 Å². The van der Waals surface area contributed by atoms with Crippen LogP contribution in [0.3, 0.4) is 0 Å². The van der Waals surface area contributed by atoms with Gasteiger partial charge in [0.25, 0.3) is 5.91 Å². The molecular weight excluding hydrogens is 578 g/mol. The van der Waals surface area contributed by atoms with Gasteiger partial charge in [0.1, 0.15) is 11.9 Å². The van der Waals surface area contributed by atoms with Crippen LogP contribution in [-0.2, 0) is 30.3 Å². The smallest absolute Gasteiger partial charge is 0.310 e. The Morgan fingerprint density at radius 2 is 1.69 bits per heavy atom. The molecule has 1 aliphatic rings. The average molecular weight is 626 g/mol. The summed E-state index contributed by atoms with van der Waals surface area (Å²) >= 11 is 0. The Kier molecular flexibility index (Phi) is 13.4. The minimum atomic E-state index is -0.791. The molecule has 45 heavy (non-hydrogen) atoms. The second-order valence-electron chi connectivity index (χ2n) is 12.0. The maximum absolute atomic E-state index is 13.8. The quantitative estimate of drug-likeness (QED) is 0.188. The molecule has 0 radical (unpaired) electrons. The molecule has 10 heteroatoms. The highest BCUT2D eigenvalue weighted by Crippen LogP contribution is 2.37. The summed E-state index contributed by atoms with van der Waals surface area (Å²) in [5.41, 5.74) is 0.819. The van der Waals surface area contributed by atoms with Gasteiger partial charge in [0, 0.05) is 17.9 Å². The normalized spacial score (nSPS) is 17.1. The summed E-state index contributed by atoms with van der Waals surface area (Å²) in [5.74, 6) is -1.61. The van der Waals surface area contributed by atoms with Gasteiger partial charge in [0.15, 0.2) is 18.1 Å². The van der Waals surface area contributed by atoms with Crippen LogP contribution in [-0.4, -0.2) is 62.5 Å². The number of hydrogen-bond donors (Lipinski definition) is 2. The van der Waals surface area contributed by atoms with Crippen LogP contribution in [0.4, 0.5) is 0 Å². The molecule has 0 aromatic heterocycles. The molecule has 2 N–H and O–H groups in total. The molecule has 10 nitrogen and oxygen atoms in total. The first kappa shape index (κ1) is 35.6. The molecule has 246 valence electrons. The van der Waals surface area contributed by atoms with E-state index >= 15 is 0 Å². The lowest BCUT2D eigenvalue weighted by Gasteiger charge is -2.32. The summed E-state index contributed by atoms with van der Waals surface area (Å²) in [6.07, 6.45) is 3.27. The van der Waals surface area contributed by atoms with E-state index in [1.807, 2.05) is 31.2 Å². The van der Waals surface area contributed by atoms with Crippen LogP contribution in [0.15, 0.2) is 42.5 Å². The molecule has 3 atom stereocenters. The minimum Gasteiger partial charge on any atom is -0.493 e. The van der Waals surface area contributed by atoms with E-state index in [1.165, 1.54) is 0 Å². The van der Waals surface area contributed by atoms with Gasteiger partial charge in [-0.2, -0.15) is 0 Å². The first-order chi connectivity index (χ1) is 21.5. The highest BCUT2D eigenvalue weighted by molar-refractivity contribution is 6.40. The zero-order valence-electron chi connectivity index (χ0n) is 27.1. The predicted molar refractivity (Wildman–Crippen MR) is 168 cm³/mol. The van der Waals surface area contributed by atoms with Gasteiger partial charge < -0.3 is 29.4 Å². The van der Waals surface area contributed by atoms with Crippen LogP contribution < -0.4 is 19.5 Å². The van der Waals surface area contributed by atoms with Crippen molar-refractivity contribution < 1.29 is 43.2 Å². The first-order valence-electron chi connectivity index (χ1n) is 15.6. The lowest BCUT2D eigenvalue weighted by Crippen LogP contribution is -2.42. The van der Waals surface area contributed by atoms with Crippen molar-refractivity contribution in [3.8, 4) is 17.2 Å².